The summed E-state index contributed by atoms with van der Waals surface area (Å²) in [6, 6.07) is 7.19. The molecule has 2 N–H and O–H groups in total. The van der Waals surface area contributed by atoms with Gasteiger partial charge in [-0.3, -0.25) is 4.79 Å². The normalized spacial score (nSPS) is 11.3. The molecule has 0 unspecified atom stereocenters. The van der Waals surface area contributed by atoms with Crippen LogP contribution in [0.4, 0.5) is 11.8 Å². The Labute approximate surface area is 166 Å². The molecule has 0 spiro atoms. The number of imidazole rings is 1. The van der Waals surface area contributed by atoms with E-state index in [0.717, 1.165) is 33.7 Å². The van der Waals surface area contributed by atoms with Gasteiger partial charge in [-0.1, -0.05) is 11.6 Å². The van der Waals surface area contributed by atoms with Gasteiger partial charge in [0.2, 0.25) is 5.95 Å². The van der Waals surface area contributed by atoms with Crippen LogP contribution in [-0.2, 0) is 13.6 Å². The Hall–Kier alpha value is -3.13. The summed E-state index contributed by atoms with van der Waals surface area (Å²) >= 11 is 6.06. The second-order valence-corrected chi connectivity index (χ2v) is 7.30. The minimum absolute atomic E-state index is 0.160. The molecule has 0 bridgehead atoms. The van der Waals surface area contributed by atoms with E-state index >= 15 is 0 Å². The van der Waals surface area contributed by atoms with Crippen molar-refractivity contribution in [1.29, 1.82) is 0 Å². The molecule has 0 saturated heterocycles. The summed E-state index contributed by atoms with van der Waals surface area (Å²) in [6.07, 6.45) is 0. The number of H-pyrrole nitrogens is 1. The van der Waals surface area contributed by atoms with Gasteiger partial charge in [-0.25, -0.2) is 4.98 Å². The van der Waals surface area contributed by atoms with E-state index < -0.39 is 0 Å². The molecule has 4 aromatic rings. The van der Waals surface area contributed by atoms with Crippen LogP contribution in [0.25, 0.3) is 22.1 Å². The van der Waals surface area contributed by atoms with E-state index in [0.29, 0.717) is 16.5 Å². The van der Waals surface area contributed by atoms with E-state index in [1.807, 2.05) is 49.7 Å². The molecule has 144 valence electrons. The standard InChI is InChI=1S/C19H20ClN7O/c1-10-22-15-16(26(2)3)24-19(25-17(15)27(10)4)21-9-12-7-11-8-13(20)5-6-14(11)23-18(12)28/h5-8H,9H2,1-4H3,(H,23,28)(H,21,24,25). The first-order chi connectivity index (χ1) is 13.3. The van der Waals surface area contributed by atoms with Crippen molar-refractivity contribution in [3.8, 4) is 0 Å². The average Bonchev–Trinajstić information content (AvgIpc) is 2.94. The van der Waals surface area contributed by atoms with Crippen LogP contribution in [0.5, 0.6) is 0 Å². The van der Waals surface area contributed by atoms with Crippen molar-refractivity contribution < 1.29 is 0 Å². The van der Waals surface area contributed by atoms with Crippen LogP contribution in [-0.4, -0.2) is 38.6 Å². The molecular weight excluding hydrogens is 378 g/mol. The van der Waals surface area contributed by atoms with Crippen molar-refractivity contribution in [2.45, 2.75) is 13.5 Å². The molecule has 4 rings (SSSR count). The quantitative estimate of drug-likeness (QED) is 0.550. The molecule has 3 heterocycles. The number of aromatic amines is 1. The first kappa shape index (κ1) is 18.2. The third-order valence-electron chi connectivity index (χ3n) is 4.67. The number of fused-ring (bicyclic) bond motifs is 2. The Balaban J connectivity index is 1.71. The molecule has 0 aliphatic heterocycles. The van der Waals surface area contributed by atoms with E-state index in [9.17, 15) is 4.79 Å². The molecule has 0 aliphatic carbocycles. The zero-order chi connectivity index (χ0) is 20.0. The molecule has 0 amide bonds. The maximum Gasteiger partial charge on any atom is 0.253 e. The average molecular weight is 398 g/mol. The molecule has 3 aromatic heterocycles. The zero-order valence-electron chi connectivity index (χ0n) is 16.0. The molecule has 0 aliphatic rings. The van der Waals surface area contributed by atoms with Crippen LogP contribution >= 0.6 is 11.6 Å². The summed E-state index contributed by atoms with van der Waals surface area (Å²) in [5.41, 5.74) is 2.64. The van der Waals surface area contributed by atoms with E-state index in [4.69, 9.17) is 11.6 Å². The predicted molar refractivity (Wildman–Crippen MR) is 112 cm³/mol. The van der Waals surface area contributed by atoms with Gasteiger partial charge in [0.25, 0.3) is 5.56 Å². The Morgan fingerprint density at radius 3 is 2.75 bits per heavy atom. The number of benzene rings is 1. The Morgan fingerprint density at radius 1 is 1.21 bits per heavy atom. The maximum atomic E-state index is 12.4. The summed E-state index contributed by atoms with van der Waals surface area (Å²) in [6.45, 7) is 2.21. The van der Waals surface area contributed by atoms with E-state index in [1.54, 1.807) is 12.1 Å². The third-order valence-corrected chi connectivity index (χ3v) is 4.90. The first-order valence-corrected chi connectivity index (χ1v) is 9.15. The number of hydrogen-bond donors (Lipinski definition) is 2. The van der Waals surface area contributed by atoms with Gasteiger partial charge in [0.05, 0.1) is 0 Å². The SMILES string of the molecule is Cc1nc2c(N(C)C)nc(NCc3cc4cc(Cl)ccc4[nH]c3=O)nc2n1C. The lowest BCUT2D eigenvalue weighted by Gasteiger charge is -2.14. The van der Waals surface area contributed by atoms with Crippen LogP contribution in [0.2, 0.25) is 5.02 Å². The molecule has 0 saturated carbocycles. The van der Waals surface area contributed by atoms with Crippen LogP contribution < -0.4 is 15.8 Å². The second kappa shape index (κ2) is 6.79. The Kier molecular flexibility index (Phi) is 4.43. The van der Waals surface area contributed by atoms with Crippen LogP contribution in [0.15, 0.2) is 29.1 Å². The van der Waals surface area contributed by atoms with E-state index in [1.165, 1.54) is 0 Å². The highest BCUT2D eigenvalue weighted by Gasteiger charge is 2.16. The van der Waals surface area contributed by atoms with Gasteiger partial charge in [0, 0.05) is 49.2 Å². The highest BCUT2D eigenvalue weighted by atomic mass is 35.5. The van der Waals surface area contributed by atoms with Crippen molar-refractivity contribution in [3.05, 3.63) is 51.0 Å². The lowest BCUT2D eigenvalue weighted by Crippen LogP contribution is -2.18. The van der Waals surface area contributed by atoms with E-state index in [2.05, 4.69) is 25.3 Å². The van der Waals surface area contributed by atoms with Crippen molar-refractivity contribution in [2.75, 3.05) is 24.3 Å². The lowest BCUT2D eigenvalue weighted by molar-refractivity contribution is 0.872. The van der Waals surface area contributed by atoms with Gasteiger partial charge in [0.15, 0.2) is 17.0 Å². The predicted octanol–water partition coefficient (Wildman–Crippen LogP) is 2.84. The summed E-state index contributed by atoms with van der Waals surface area (Å²) in [4.78, 5) is 30.9. The molecule has 9 heteroatoms. The molecule has 0 radical (unpaired) electrons. The number of halogens is 1. The molecule has 0 atom stereocenters. The smallest absolute Gasteiger partial charge is 0.253 e. The van der Waals surface area contributed by atoms with Crippen LogP contribution in [0.3, 0.4) is 0 Å². The number of aryl methyl sites for hydroxylation is 2. The van der Waals surface area contributed by atoms with Gasteiger partial charge in [0.1, 0.15) is 5.82 Å². The fourth-order valence-electron chi connectivity index (χ4n) is 3.07. The number of rotatable bonds is 4. The summed E-state index contributed by atoms with van der Waals surface area (Å²) < 4.78 is 1.92. The molecule has 28 heavy (non-hydrogen) atoms. The number of nitrogens with one attached hydrogen (secondary N) is 2. The van der Waals surface area contributed by atoms with Gasteiger partial charge in [-0.05, 0) is 31.2 Å². The Bertz CT molecular complexity index is 1260. The minimum Gasteiger partial charge on any atom is -0.361 e. The maximum absolute atomic E-state index is 12.4. The molecular formula is C19H20ClN7O. The van der Waals surface area contributed by atoms with Gasteiger partial charge < -0.3 is 19.8 Å². The second-order valence-electron chi connectivity index (χ2n) is 6.86. The third kappa shape index (κ3) is 3.16. The summed E-state index contributed by atoms with van der Waals surface area (Å²) in [5.74, 6) is 2.01. The number of hydrogen-bond acceptors (Lipinski definition) is 6. The summed E-state index contributed by atoms with van der Waals surface area (Å²) in [5, 5.41) is 4.65. The number of aromatic nitrogens is 5. The fraction of sp³-hybridized carbons (Fsp3) is 0.263. The van der Waals surface area contributed by atoms with Gasteiger partial charge >= 0.3 is 0 Å². The van der Waals surface area contributed by atoms with Crippen molar-refractivity contribution >= 4 is 45.4 Å². The van der Waals surface area contributed by atoms with E-state index in [-0.39, 0.29) is 12.1 Å². The van der Waals surface area contributed by atoms with Crippen molar-refractivity contribution in [1.82, 2.24) is 24.5 Å². The monoisotopic (exact) mass is 397 g/mol. The highest BCUT2D eigenvalue weighted by Crippen LogP contribution is 2.24. The van der Waals surface area contributed by atoms with Crippen molar-refractivity contribution in [3.63, 3.8) is 0 Å². The topological polar surface area (TPSA) is 91.7 Å². The largest absolute Gasteiger partial charge is 0.361 e. The zero-order valence-corrected chi connectivity index (χ0v) is 16.8. The number of pyridine rings is 1. The lowest BCUT2D eigenvalue weighted by atomic mass is 10.1. The van der Waals surface area contributed by atoms with Crippen molar-refractivity contribution in [2.24, 2.45) is 7.05 Å². The number of nitrogens with zero attached hydrogens (tertiary/aromatic N) is 5. The summed E-state index contributed by atoms with van der Waals surface area (Å²) in [7, 11) is 5.74. The van der Waals surface area contributed by atoms with Crippen LogP contribution in [0.1, 0.15) is 11.4 Å². The highest BCUT2D eigenvalue weighted by molar-refractivity contribution is 6.31. The van der Waals surface area contributed by atoms with Gasteiger partial charge in [-0.2, -0.15) is 9.97 Å². The van der Waals surface area contributed by atoms with Crippen LogP contribution in [0, 0.1) is 6.92 Å². The first-order valence-electron chi connectivity index (χ1n) is 8.77. The molecule has 8 nitrogen and oxygen atoms in total. The molecule has 0 fully saturated rings. The minimum atomic E-state index is -0.160. The number of anilines is 2. The van der Waals surface area contributed by atoms with Gasteiger partial charge in [-0.15, -0.1) is 0 Å². The fourth-order valence-corrected chi connectivity index (χ4v) is 3.26. The molecule has 1 aromatic carbocycles. The Morgan fingerprint density at radius 2 is 2.00 bits per heavy atom.